The fraction of sp³-hybridized carbons (Fsp3) is 0.435. The van der Waals surface area contributed by atoms with Gasteiger partial charge in [-0.2, -0.15) is 5.26 Å². The Morgan fingerprint density at radius 2 is 2.03 bits per heavy atom. The first-order valence-electron chi connectivity index (χ1n) is 10.2. The Kier molecular flexibility index (Phi) is 6.05. The molecule has 1 aromatic carbocycles. The topological polar surface area (TPSA) is 66.2 Å². The Hall–Kier alpha value is -2.52. The van der Waals surface area contributed by atoms with E-state index in [0.717, 1.165) is 55.5 Å². The zero-order valence-electron chi connectivity index (χ0n) is 16.7. The van der Waals surface area contributed by atoms with Crippen LogP contribution in [0.2, 0.25) is 0 Å². The number of benzene rings is 1. The molecule has 0 spiro atoms. The maximum absolute atomic E-state index is 13.0. The molecule has 2 aromatic rings. The predicted molar refractivity (Wildman–Crippen MR) is 113 cm³/mol. The molecule has 1 heterocycles. The number of hydrogen-bond acceptors (Lipinski definition) is 5. The molecule has 150 valence electrons. The molecule has 6 heteroatoms. The summed E-state index contributed by atoms with van der Waals surface area (Å²) < 4.78 is 5.21. The maximum atomic E-state index is 13.0. The van der Waals surface area contributed by atoms with Crippen molar-refractivity contribution in [3.63, 3.8) is 0 Å². The van der Waals surface area contributed by atoms with E-state index in [-0.39, 0.29) is 5.91 Å². The van der Waals surface area contributed by atoms with Gasteiger partial charge in [0.25, 0.3) is 0 Å². The zero-order chi connectivity index (χ0) is 20.2. The van der Waals surface area contributed by atoms with E-state index in [2.05, 4.69) is 6.07 Å². The Morgan fingerprint density at radius 3 is 2.72 bits per heavy atom. The third-order valence-electron chi connectivity index (χ3n) is 5.54. The van der Waals surface area contributed by atoms with Gasteiger partial charge in [-0.05, 0) is 67.9 Å². The van der Waals surface area contributed by atoms with Crippen LogP contribution in [0.1, 0.15) is 48.1 Å². The highest BCUT2D eigenvalue weighted by atomic mass is 32.2. The molecule has 4 rings (SSSR count). The van der Waals surface area contributed by atoms with E-state index in [1.54, 1.807) is 7.11 Å². The lowest BCUT2D eigenvalue weighted by Crippen LogP contribution is -2.34. The van der Waals surface area contributed by atoms with Crippen LogP contribution < -0.4 is 4.74 Å². The lowest BCUT2D eigenvalue weighted by Gasteiger charge is -2.23. The van der Waals surface area contributed by atoms with Crippen molar-refractivity contribution < 1.29 is 9.53 Å². The van der Waals surface area contributed by atoms with Gasteiger partial charge < -0.3 is 9.64 Å². The molecule has 5 nitrogen and oxygen atoms in total. The molecular weight excluding hydrogens is 382 g/mol. The van der Waals surface area contributed by atoms with Gasteiger partial charge >= 0.3 is 0 Å². The smallest absolute Gasteiger partial charge is 0.233 e. The van der Waals surface area contributed by atoms with Gasteiger partial charge in [0, 0.05) is 18.3 Å². The number of aryl methyl sites for hydroxylation is 2. The predicted octanol–water partition coefficient (Wildman–Crippen LogP) is 4.12. The van der Waals surface area contributed by atoms with Crippen molar-refractivity contribution in [2.45, 2.75) is 56.1 Å². The van der Waals surface area contributed by atoms with Crippen molar-refractivity contribution in [3.05, 3.63) is 52.7 Å². The van der Waals surface area contributed by atoms with Crippen LogP contribution in [0.25, 0.3) is 0 Å². The SMILES string of the molecule is COc1ccc(CN(C(=O)CSc2nc3c(cc2C#N)CCCC3)C2CC2)cc1. The van der Waals surface area contributed by atoms with Crippen LogP contribution in [-0.2, 0) is 24.2 Å². The second kappa shape index (κ2) is 8.87. The van der Waals surface area contributed by atoms with Gasteiger partial charge in [0.05, 0.1) is 18.4 Å². The molecule has 2 aliphatic carbocycles. The van der Waals surface area contributed by atoms with Crippen LogP contribution in [0.15, 0.2) is 35.4 Å². The summed E-state index contributed by atoms with van der Waals surface area (Å²) in [5, 5.41) is 10.2. The third-order valence-corrected chi connectivity index (χ3v) is 6.51. The molecule has 0 atom stereocenters. The fourth-order valence-corrected chi connectivity index (χ4v) is 4.61. The summed E-state index contributed by atoms with van der Waals surface area (Å²) in [6.45, 7) is 0.608. The summed E-state index contributed by atoms with van der Waals surface area (Å²) in [7, 11) is 1.65. The molecule has 0 aliphatic heterocycles. The van der Waals surface area contributed by atoms with E-state index in [0.29, 0.717) is 28.9 Å². The Balaban J connectivity index is 1.44. The highest BCUT2D eigenvalue weighted by molar-refractivity contribution is 8.00. The number of amides is 1. The van der Waals surface area contributed by atoms with Gasteiger partial charge in [-0.15, -0.1) is 0 Å². The van der Waals surface area contributed by atoms with Crippen LogP contribution in [0.5, 0.6) is 5.75 Å². The molecule has 1 fully saturated rings. The first-order chi connectivity index (χ1) is 14.2. The molecule has 1 saturated carbocycles. The quantitative estimate of drug-likeness (QED) is 0.646. The van der Waals surface area contributed by atoms with Crippen LogP contribution in [0.4, 0.5) is 0 Å². The Labute approximate surface area is 176 Å². The minimum absolute atomic E-state index is 0.108. The number of pyridine rings is 1. The average Bonchev–Trinajstić information content (AvgIpc) is 3.60. The number of hydrogen-bond donors (Lipinski definition) is 0. The van der Waals surface area contributed by atoms with E-state index < -0.39 is 0 Å². The van der Waals surface area contributed by atoms with Crippen LogP contribution in [0.3, 0.4) is 0 Å². The summed E-state index contributed by atoms with van der Waals surface area (Å²) in [6.07, 6.45) is 6.39. The third kappa shape index (κ3) is 4.73. The summed E-state index contributed by atoms with van der Waals surface area (Å²) in [6, 6.07) is 12.4. The lowest BCUT2D eigenvalue weighted by atomic mass is 9.95. The van der Waals surface area contributed by atoms with Crippen LogP contribution in [-0.4, -0.2) is 34.7 Å². The first-order valence-corrected chi connectivity index (χ1v) is 11.1. The molecule has 0 unspecified atom stereocenters. The van der Waals surface area contributed by atoms with Crippen molar-refractivity contribution in [2.24, 2.45) is 0 Å². The Morgan fingerprint density at radius 1 is 1.28 bits per heavy atom. The lowest BCUT2D eigenvalue weighted by molar-refractivity contribution is -0.129. The monoisotopic (exact) mass is 407 g/mol. The number of carbonyl (C=O) groups is 1. The minimum atomic E-state index is 0.108. The second-order valence-corrected chi connectivity index (χ2v) is 8.62. The van der Waals surface area contributed by atoms with Crippen molar-refractivity contribution in [1.29, 1.82) is 5.26 Å². The summed E-state index contributed by atoms with van der Waals surface area (Å²) in [5.74, 6) is 1.24. The Bertz CT molecular complexity index is 932. The summed E-state index contributed by atoms with van der Waals surface area (Å²) >= 11 is 1.40. The molecule has 0 bridgehead atoms. The van der Waals surface area contributed by atoms with Crippen molar-refractivity contribution in [2.75, 3.05) is 12.9 Å². The van der Waals surface area contributed by atoms with E-state index in [4.69, 9.17) is 9.72 Å². The molecule has 0 N–H and O–H groups in total. The van der Waals surface area contributed by atoms with Gasteiger partial charge in [-0.3, -0.25) is 4.79 Å². The largest absolute Gasteiger partial charge is 0.497 e. The summed E-state index contributed by atoms with van der Waals surface area (Å²) in [5.41, 5.74) is 3.99. The van der Waals surface area contributed by atoms with Crippen LogP contribution >= 0.6 is 11.8 Å². The zero-order valence-corrected chi connectivity index (χ0v) is 17.5. The fourth-order valence-electron chi connectivity index (χ4n) is 3.75. The van der Waals surface area contributed by atoms with Gasteiger partial charge in [0.15, 0.2) is 0 Å². The number of nitrogens with zero attached hydrogens (tertiary/aromatic N) is 3. The number of nitriles is 1. The molecule has 0 radical (unpaired) electrons. The molecule has 1 amide bonds. The number of aromatic nitrogens is 1. The maximum Gasteiger partial charge on any atom is 0.233 e. The molecule has 1 aromatic heterocycles. The van der Waals surface area contributed by atoms with E-state index >= 15 is 0 Å². The molecule has 0 saturated heterocycles. The number of thioether (sulfide) groups is 1. The van der Waals surface area contributed by atoms with Crippen molar-refractivity contribution in [1.82, 2.24) is 9.88 Å². The van der Waals surface area contributed by atoms with Crippen molar-refractivity contribution in [3.8, 4) is 11.8 Å². The number of fused-ring (bicyclic) bond motifs is 1. The van der Waals surface area contributed by atoms with Gasteiger partial charge in [0.2, 0.25) is 5.91 Å². The number of rotatable bonds is 7. The first kappa shape index (κ1) is 19.8. The number of methoxy groups -OCH3 is 1. The molecular formula is C23H25N3O2S. The van der Waals surface area contributed by atoms with Gasteiger partial charge in [0.1, 0.15) is 16.8 Å². The van der Waals surface area contributed by atoms with E-state index in [1.807, 2.05) is 35.2 Å². The van der Waals surface area contributed by atoms with E-state index in [9.17, 15) is 10.1 Å². The van der Waals surface area contributed by atoms with Gasteiger partial charge in [-0.25, -0.2) is 4.98 Å². The average molecular weight is 408 g/mol. The van der Waals surface area contributed by atoms with Gasteiger partial charge in [-0.1, -0.05) is 23.9 Å². The minimum Gasteiger partial charge on any atom is -0.497 e. The second-order valence-electron chi connectivity index (χ2n) is 7.66. The van der Waals surface area contributed by atoms with E-state index in [1.165, 1.54) is 17.3 Å². The van der Waals surface area contributed by atoms with Crippen molar-refractivity contribution >= 4 is 17.7 Å². The highest BCUT2D eigenvalue weighted by Crippen LogP contribution is 2.31. The number of ether oxygens (including phenoxy) is 1. The number of carbonyl (C=O) groups excluding carboxylic acids is 1. The standard InChI is InChI=1S/C23H25N3O2S/c1-28-20-10-6-16(7-11-20)14-26(19-8-9-19)22(27)15-29-23-18(13-24)12-17-4-2-3-5-21(17)25-23/h6-7,10-12,19H,2-5,8-9,14-15H2,1H3. The van der Waals surface area contributed by atoms with Crippen LogP contribution in [0, 0.1) is 11.3 Å². The summed E-state index contributed by atoms with van der Waals surface area (Å²) in [4.78, 5) is 19.7. The normalized spacial score (nSPS) is 15.3. The molecule has 29 heavy (non-hydrogen) atoms. The molecule has 2 aliphatic rings. The highest BCUT2D eigenvalue weighted by Gasteiger charge is 2.32.